The molecule has 2 heterocycles. The van der Waals surface area contributed by atoms with Crippen LogP contribution in [0.5, 0.6) is 0 Å². The zero-order chi connectivity index (χ0) is 15.2. The second-order valence-corrected chi connectivity index (χ2v) is 6.40. The zero-order valence-electron chi connectivity index (χ0n) is 13.3. The molecule has 0 aliphatic carbocycles. The lowest BCUT2D eigenvalue weighted by Gasteiger charge is -2.27. The molecule has 0 aliphatic rings. The van der Waals surface area contributed by atoms with E-state index in [4.69, 9.17) is 0 Å². The van der Waals surface area contributed by atoms with Gasteiger partial charge >= 0.3 is 0 Å². The minimum atomic E-state index is 0.399. The fraction of sp³-hybridized carbons (Fsp3) is 0.500. The monoisotopic (exact) mass is 304 g/mol. The summed E-state index contributed by atoms with van der Waals surface area (Å²) in [5.41, 5.74) is 1.11. The quantitative estimate of drug-likeness (QED) is 0.846. The first-order valence-electron chi connectivity index (χ1n) is 7.44. The van der Waals surface area contributed by atoms with Crippen LogP contribution in [0.1, 0.15) is 30.7 Å². The van der Waals surface area contributed by atoms with E-state index in [1.54, 1.807) is 0 Å². The maximum absolute atomic E-state index is 4.67. The Kier molecular flexibility index (Phi) is 5.56. The standard InChI is InChI=1S/C16H24N4S/c1-5-8-17-16-18-11-12(2)15(19-16)20(4)13(3)10-14-7-6-9-21-14/h6-7,9,11,13H,5,8,10H2,1-4H3,(H,17,18,19). The predicted molar refractivity (Wildman–Crippen MR) is 91.4 cm³/mol. The first kappa shape index (κ1) is 15.8. The van der Waals surface area contributed by atoms with Crippen molar-refractivity contribution in [3.05, 3.63) is 34.2 Å². The Morgan fingerprint density at radius 3 is 2.90 bits per heavy atom. The second kappa shape index (κ2) is 7.41. The Hall–Kier alpha value is -1.62. The first-order valence-corrected chi connectivity index (χ1v) is 8.32. The summed E-state index contributed by atoms with van der Waals surface area (Å²) in [6.45, 7) is 7.34. The molecule has 2 aromatic rings. The minimum Gasteiger partial charge on any atom is -0.356 e. The highest BCUT2D eigenvalue weighted by atomic mass is 32.1. The largest absolute Gasteiger partial charge is 0.356 e. The number of anilines is 2. The third-order valence-electron chi connectivity index (χ3n) is 3.55. The predicted octanol–water partition coefficient (Wildman–Crippen LogP) is 3.74. The highest BCUT2D eigenvalue weighted by molar-refractivity contribution is 7.09. The molecule has 2 aromatic heterocycles. The van der Waals surface area contributed by atoms with Gasteiger partial charge in [0.25, 0.3) is 0 Å². The minimum absolute atomic E-state index is 0.399. The fourth-order valence-electron chi connectivity index (χ4n) is 2.18. The van der Waals surface area contributed by atoms with Crippen molar-refractivity contribution in [3.8, 4) is 0 Å². The SMILES string of the molecule is CCCNc1ncc(C)c(N(C)C(C)Cc2cccs2)n1. The Bertz CT molecular complexity index is 553. The molecule has 0 bridgehead atoms. The van der Waals surface area contributed by atoms with Crippen LogP contribution < -0.4 is 10.2 Å². The van der Waals surface area contributed by atoms with Crippen LogP contribution in [0.4, 0.5) is 11.8 Å². The number of hydrogen-bond acceptors (Lipinski definition) is 5. The van der Waals surface area contributed by atoms with Crippen LogP contribution in [-0.4, -0.2) is 29.6 Å². The normalized spacial score (nSPS) is 12.2. The van der Waals surface area contributed by atoms with E-state index in [1.807, 2.05) is 17.5 Å². The van der Waals surface area contributed by atoms with E-state index in [1.165, 1.54) is 4.88 Å². The van der Waals surface area contributed by atoms with Crippen LogP contribution in [0.2, 0.25) is 0 Å². The van der Waals surface area contributed by atoms with Gasteiger partial charge in [0.15, 0.2) is 0 Å². The molecule has 4 nitrogen and oxygen atoms in total. The van der Waals surface area contributed by atoms with E-state index in [9.17, 15) is 0 Å². The highest BCUT2D eigenvalue weighted by Crippen LogP contribution is 2.21. The summed E-state index contributed by atoms with van der Waals surface area (Å²) in [6.07, 6.45) is 4.00. The van der Waals surface area contributed by atoms with Gasteiger partial charge in [-0.3, -0.25) is 0 Å². The summed E-state index contributed by atoms with van der Waals surface area (Å²) in [6, 6.07) is 4.70. The lowest BCUT2D eigenvalue weighted by Crippen LogP contribution is -2.32. The number of nitrogens with zero attached hydrogens (tertiary/aromatic N) is 3. The average molecular weight is 304 g/mol. The zero-order valence-corrected chi connectivity index (χ0v) is 14.1. The van der Waals surface area contributed by atoms with E-state index < -0.39 is 0 Å². The Morgan fingerprint density at radius 1 is 1.43 bits per heavy atom. The Labute approximate surface area is 131 Å². The molecule has 0 radical (unpaired) electrons. The third kappa shape index (κ3) is 4.17. The molecule has 0 saturated carbocycles. The van der Waals surface area contributed by atoms with Crippen LogP contribution in [0.25, 0.3) is 0 Å². The number of hydrogen-bond donors (Lipinski definition) is 1. The van der Waals surface area contributed by atoms with Crippen LogP contribution in [0, 0.1) is 6.92 Å². The fourth-order valence-corrected chi connectivity index (χ4v) is 3.00. The number of thiophene rings is 1. The molecule has 0 saturated heterocycles. The molecule has 1 unspecified atom stereocenters. The van der Waals surface area contributed by atoms with Crippen molar-refractivity contribution < 1.29 is 0 Å². The van der Waals surface area contributed by atoms with Crippen molar-refractivity contribution in [2.75, 3.05) is 23.8 Å². The van der Waals surface area contributed by atoms with Gasteiger partial charge in [-0.2, -0.15) is 4.98 Å². The molecule has 21 heavy (non-hydrogen) atoms. The maximum Gasteiger partial charge on any atom is 0.224 e. The van der Waals surface area contributed by atoms with E-state index in [0.29, 0.717) is 12.0 Å². The van der Waals surface area contributed by atoms with Crippen molar-refractivity contribution in [3.63, 3.8) is 0 Å². The number of aryl methyl sites for hydroxylation is 1. The van der Waals surface area contributed by atoms with E-state index in [0.717, 1.165) is 30.8 Å². The summed E-state index contributed by atoms with van der Waals surface area (Å²) in [5.74, 6) is 1.72. The van der Waals surface area contributed by atoms with Gasteiger partial charge in [0.05, 0.1) is 0 Å². The summed E-state index contributed by atoms with van der Waals surface area (Å²) < 4.78 is 0. The van der Waals surface area contributed by atoms with Gasteiger partial charge < -0.3 is 10.2 Å². The maximum atomic E-state index is 4.67. The van der Waals surface area contributed by atoms with Gasteiger partial charge in [-0.25, -0.2) is 4.98 Å². The van der Waals surface area contributed by atoms with Crippen molar-refractivity contribution in [2.45, 2.75) is 39.7 Å². The first-order chi connectivity index (χ1) is 10.1. The molecule has 1 N–H and O–H groups in total. The number of likely N-dealkylation sites (N-methyl/N-ethyl adjacent to an activating group) is 1. The molecule has 0 spiro atoms. The van der Waals surface area contributed by atoms with Crippen molar-refractivity contribution >= 4 is 23.1 Å². The van der Waals surface area contributed by atoms with E-state index >= 15 is 0 Å². The van der Waals surface area contributed by atoms with Gasteiger partial charge in [-0.05, 0) is 31.7 Å². The average Bonchev–Trinajstić information content (AvgIpc) is 2.98. The van der Waals surface area contributed by atoms with Crippen LogP contribution in [-0.2, 0) is 6.42 Å². The molecule has 1 atom stereocenters. The lowest BCUT2D eigenvalue weighted by atomic mass is 10.1. The van der Waals surface area contributed by atoms with E-state index in [2.05, 4.69) is 65.5 Å². The molecular weight excluding hydrogens is 280 g/mol. The van der Waals surface area contributed by atoms with Gasteiger partial charge in [0.2, 0.25) is 5.95 Å². The molecular formula is C16H24N4S. The van der Waals surface area contributed by atoms with Gasteiger partial charge in [0.1, 0.15) is 5.82 Å². The Morgan fingerprint density at radius 2 is 2.24 bits per heavy atom. The summed E-state index contributed by atoms with van der Waals surface area (Å²) >= 11 is 1.81. The van der Waals surface area contributed by atoms with Gasteiger partial charge in [-0.1, -0.05) is 13.0 Å². The van der Waals surface area contributed by atoms with Crippen LogP contribution in [0.15, 0.2) is 23.7 Å². The molecule has 0 amide bonds. The number of nitrogens with one attached hydrogen (secondary N) is 1. The van der Waals surface area contributed by atoms with Gasteiger partial charge in [0, 0.05) is 42.7 Å². The van der Waals surface area contributed by atoms with Crippen molar-refractivity contribution in [2.24, 2.45) is 0 Å². The smallest absolute Gasteiger partial charge is 0.224 e. The van der Waals surface area contributed by atoms with Crippen molar-refractivity contribution in [1.82, 2.24) is 9.97 Å². The Balaban J connectivity index is 2.11. The molecule has 5 heteroatoms. The molecule has 0 aromatic carbocycles. The molecule has 2 rings (SSSR count). The topological polar surface area (TPSA) is 41.1 Å². The summed E-state index contributed by atoms with van der Waals surface area (Å²) in [7, 11) is 2.11. The lowest BCUT2D eigenvalue weighted by molar-refractivity contribution is 0.677. The van der Waals surface area contributed by atoms with Gasteiger partial charge in [-0.15, -0.1) is 11.3 Å². The summed E-state index contributed by atoms with van der Waals surface area (Å²) in [4.78, 5) is 12.7. The molecule has 0 aliphatic heterocycles. The highest BCUT2D eigenvalue weighted by Gasteiger charge is 2.15. The van der Waals surface area contributed by atoms with Crippen LogP contribution in [0.3, 0.4) is 0 Å². The number of rotatable bonds is 7. The molecule has 0 fully saturated rings. The second-order valence-electron chi connectivity index (χ2n) is 5.37. The van der Waals surface area contributed by atoms with E-state index in [-0.39, 0.29) is 0 Å². The third-order valence-corrected chi connectivity index (χ3v) is 4.45. The van der Waals surface area contributed by atoms with Crippen molar-refractivity contribution in [1.29, 1.82) is 0 Å². The summed E-state index contributed by atoms with van der Waals surface area (Å²) in [5, 5.41) is 5.38. The number of aromatic nitrogens is 2. The molecule has 114 valence electrons. The van der Waals surface area contributed by atoms with Crippen LogP contribution >= 0.6 is 11.3 Å².